The van der Waals surface area contributed by atoms with Gasteiger partial charge in [0.05, 0.1) is 17.2 Å². The molecule has 0 atom stereocenters. The summed E-state index contributed by atoms with van der Waals surface area (Å²) in [7, 11) is 0. The van der Waals surface area contributed by atoms with E-state index < -0.39 is 5.97 Å². The predicted octanol–water partition coefficient (Wildman–Crippen LogP) is 1.48. The van der Waals surface area contributed by atoms with E-state index in [0.29, 0.717) is 23.1 Å². The number of hydrogen-bond acceptors (Lipinski definition) is 5. The number of nitrogens with one attached hydrogen (secondary N) is 1. The Balaban J connectivity index is 2.05. The van der Waals surface area contributed by atoms with Crippen LogP contribution < -0.4 is 5.32 Å². The highest BCUT2D eigenvalue weighted by molar-refractivity contribution is 8.00. The summed E-state index contributed by atoms with van der Waals surface area (Å²) in [5.41, 5.74) is 0.0994. The summed E-state index contributed by atoms with van der Waals surface area (Å²) in [6.07, 6.45) is 0.710. The monoisotopic (exact) mass is 314 g/mol. The summed E-state index contributed by atoms with van der Waals surface area (Å²) in [4.78, 5) is 36.8. The van der Waals surface area contributed by atoms with E-state index in [-0.39, 0.29) is 23.9 Å². The average molecular weight is 314 g/mol. The lowest BCUT2D eigenvalue weighted by Crippen LogP contribution is -2.34. The van der Waals surface area contributed by atoms with Gasteiger partial charge in [0.25, 0.3) is 0 Å². The molecule has 1 saturated heterocycles. The minimum Gasteiger partial charge on any atom is -0.478 e. The van der Waals surface area contributed by atoms with E-state index >= 15 is 0 Å². The zero-order valence-electron chi connectivity index (χ0n) is 10.8. The average Bonchev–Trinajstić information content (AvgIpc) is 2.96. The van der Waals surface area contributed by atoms with E-state index in [1.165, 1.54) is 28.0 Å². The van der Waals surface area contributed by atoms with Crippen LogP contribution in [0, 0.1) is 0 Å². The number of nitrogens with zero attached hydrogens (tertiary/aromatic N) is 1. The molecule has 1 aromatic rings. The highest BCUT2D eigenvalue weighted by Gasteiger charge is 2.24. The van der Waals surface area contributed by atoms with E-state index in [1.54, 1.807) is 6.07 Å². The molecule has 2 amide bonds. The zero-order chi connectivity index (χ0) is 14.7. The molecule has 2 heterocycles. The molecule has 0 spiro atoms. The fraction of sp³-hybridized carbons (Fsp3) is 0.417. The molecule has 0 radical (unpaired) electrons. The largest absolute Gasteiger partial charge is 0.478 e. The van der Waals surface area contributed by atoms with Gasteiger partial charge in [-0.25, -0.2) is 4.79 Å². The van der Waals surface area contributed by atoms with Crippen LogP contribution in [0.1, 0.15) is 22.2 Å². The number of carboxylic acid groups (broad SMARTS) is 1. The molecule has 108 valence electrons. The van der Waals surface area contributed by atoms with Gasteiger partial charge in [-0.05, 0) is 12.5 Å². The Labute approximate surface area is 124 Å². The molecule has 8 heteroatoms. The van der Waals surface area contributed by atoms with Crippen molar-refractivity contribution >= 4 is 45.9 Å². The summed E-state index contributed by atoms with van der Waals surface area (Å²) in [5.74, 6) is -0.601. The van der Waals surface area contributed by atoms with Crippen molar-refractivity contribution in [2.45, 2.75) is 13.3 Å². The van der Waals surface area contributed by atoms with Gasteiger partial charge < -0.3 is 15.3 Å². The molecule has 0 aliphatic carbocycles. The van der Waals surface area contributed by atoms with Crippen molar-refractivity contribution in [1.82, 2.24) is 4.90 Å². The molecule has 2 N–H and O–H groups in total. The quantitative estimate of drug-likeness (QED) is 0.859. The van der Waals surface area contributed by atoms with Crippen LogP contribution in [0.5, 0.6) is 0 Å². The second-order valence-corrected chi connectivity index (χ2v) is 6.32. The Bertz CT molecular complexity index is 556. The van der Waals surface area contributed by atoms with Gasteiger partial charge in [-0.3, -0.25) is 9.59 Å². The summed E-state index contributed by atoms with van der Waals surface area (Å²) in [6.45, 7) is 1.88. The Morgan fingerprint density at radius 1 is 1.50 bits per heavy atom. The van der Waals surface area contributed by atoms with Crippen molar-refractivity contribution in [3.63, 3.8) is 0 Å². The summed E-state index contributed by atoms with van der Waals surface area (Å²) >= 11 is 2.71. The van der Waals surface area contributed by atoms with Crippen LogP contribution in [0.3, 0.4) is 0 Å². The third-order valence-electron chi connectivity index (χ3n) is 2.77. The van der Waals surface area contributed by atoms with Crippen molar-refractivity contribution < 1.29 is 19.5 Å². The Morgan fingerprint density at radius 2 is 2.25 bits per heavy atom. The SMILES string of the molecule is CCc1cc(C(=O)O)c(NC(=O)CN2CSCC2=O)s1. The highest BCUT2D eigenvalue weighted by atomic mass is 32.2. The van der Waals surface area contributed by atoms with Crippen molar-refractivity contribution in [2.75, 3.05) is 23.5 Å². The standard InChI is InChI=1S/C12H14N2O4S2/c1-2-7-3-8(12(17)18)11(20-7)13-9(15)4-14-6-19-5-10(14)16/h3H,2,4-6H2,1H3,(H,13,15)(H,17,18). The number of aromatic carboxylic acids is 1. The number of hydrogen-bond donors (Lipinski definition) is 2. The van der Waals surface area contributed by atoms with Crippen molar-refractivity contribution in [3.8, 4) is 0 Å². The van der Waals surface area contributed by atoms with Crippen LogP contribution in [-0.2, 0) is 16.0 Å². The molecule has 1 aliphatic rings. The van der Waals surface area contributed by atoms with E-state index in [2.05, 4.69) is 5.32 Å². The molecule has 20 heavy (non-hydrogen) atoms. The van der Waals surface area contributed by atoms with Crippen LogP contribution >= 0.6 is 23.1 Å². The third-order valence-corrected chi connectivity index (χ3v) is 4.91. The molecular weight excluding hydrogens is 300 g/mol. The molecule has 1 aromatic heterocycles. The summed E-state index contributed by atoms with van der Waals surface area (Å²) in [6, 6.07) is 1.57. The normalized spacial score (nSPS) is 14.7. The van der Waals surface area contributed by atoms with Crippen molar-refractivity contribution in [1.29, 1.82) is 0 Å². The van der Waals surface area contributed by atoms with Gasteiger partial charge in [0.2, 0.25) is 11.8 Å². The Morgan fingerprint density at radius 3 is 2.80 bits per heavy atom. The van der Waals surface area contributed by atoms with Crippen LogP contribution in [-0.4, -0.2) is 46.0 Å². The fourth-order valence-corrected chi connectivity index (χ4v) is 3.66. The number of aryl methyl sites for hydroxylation is 1. The number of thiophene rings is 1. The summed E-state index contributed by atoms with van der Waals surface area (Å²) in [5, 5.41) is 12.0. The molecule has 1 fully saturated rings. The van der Waals surface area contributed by atoms with Gasteiger partial charge in [0, 0.05) is 4.88 Å². The van der Waals surface area contributed by atoms with Gasteiger partial charge in [0.1, 0.15) is 11.5 Å². The van der Waals surface area contributed by atoms with Crippen LogP contribution in [0.15, 0.2) is 6.07 Å². The number of carbonyl (C=O) groups excluding carboxylic acids is 2. The zero-order valence-corrected chi connectivity index (χ0v) is 12.5. The second-order valence-electron chi connectivity index (χ2n) is 4.23. The minimum atomic E-state index is -1.07. The first-order valence-electron chi connectivity index (χ1n) is 6.02. The Hall–Kier alpha value is -1.54. The molecule has 0 unspecified atom stereocenters. The molecule has 6 nitrogen and oxygen atoms in total. The van der Waals surface area contributed by atoms with Crippen LogP contribution in [0.2, 0.25) is 0 Å². The maximum absolute atomic E-state index is 11.9. The molecule has 1 aliphatic heterocycles. The first kappa shape index (κ1) is 14.9. The number of amides is 2. The van der Waals surface area contributed by atoms with Crippen LogP contribution in [0.4, 0.5) is 5.00 Å². The molecule has 0 aromatic carbocycles. The van der Waals surface area contributed by atoms with Gasteiger partial charge >= 0.3 is 5.97 Å². The van der Waals surface area contributed by atoms with Gasteiger partial charge in [0.15, 0.2) is 0 Å². The molecule has 0 bridgehead atoms. The van der Waals surface area contributed by atoms with Gasteiger partial charge in [-0.1, -0.05) is 6.92 Å². The maximum atomic E-state index is 11.9. The fourth-order valence-electron chi connectivity index (χ4n) is 1.75. The smallest absolute Gasteiger partial charge is 0.338 e. The third kappa shape index (κ3) is 3.31. The minimum absolute atomic E-state index is 0.0374. The van der Waals surface area contributed by atoms with E-state index in [0.717, 1.165) is 4.88 Å². The van der Waals surface area contributed by atoms with Crippen molar-refractivity contribution in [2.24, 2.45) is 0 Å². The molecular formula is C12H14N2O4S2. The number of anilines is 1. The lowest BCUT2D eigenvalue weighted by Gasteiger charge is -2.13. The topological polar surface area (TPSA) is 86.7 Å². The van der Waals surface area contributed by atoms with Gasteiger partial charge in [-0.2, -0.15) is 0 Å². The van der Waals surface area contributed by atoms with Crippen molar-refractivity contribution in [3.05, 3.63) is 16.5 Å². The Kier molecular flexibility index (Phi) is 4.66. The summed E-state index contributed by atoms with van der Waals surface area (Å²) < 4.78 is 0. The lowest BCUT2D eigenvalue weighted by molar-refractivity contribution is -0.130. The second kappa shape index (κ2) is 6.27. The highest BCUT2D eigenvalue weighted by Crippen LogP contribution is 2.28. The maximum Gasteiger partial charge on any atom is 0.338 e. The molecule has 0 saturated carbocycles. The number of rotatable bonds is 5. The van der Waals surface area contributed by atoms with Crippen LogP contribution in [0.25, 0.3) is 0 Å². The number of carboxylic acids is 1. The van der Waals surface area contributed by atoms with Gasteiger partial charge in [-0.15, -0.1) is 23.1 Å². The van der Waals surface area contributed by atoms with E-state index in [4.69, 9.17) is 5.11 Å². The molecule has 2 rings (SSSR count). The lowest BCUT2D eigenvalue weighted by atomic mass is 10.2. The van der Waals surface area contributed by atoms with E-state index in [9.17, 15) is 14.4 Å². The first-order valence-corrected chi connectivity index (χ1v) is 7.99. The predicted molar refractivity (Wildman–Crippen MR) is 78.3 cm³/mol. The number of carbonyl (C=O) groups is 3. The van der Waals surface area contributed by atoms with E-state index in [1.807, 2.05) is 6.92 Å². The number of thioether (sulfide) groups is 1. The first-order chi connectivity index (χ1) is 9.51.